The van der Waals surface area contributed by atoms with Crippen LogP contribution in [-0.4, -0.2) is 35.3 Å². The van der Waals surface area contributed by atoms with E-state index in [9.17, 15) is 18.3 Å². The van der Waals surface area contributed by atoms with Gasteiger partial charge in [-0.25, -0.2) is 18.2 Å². The third-order valence-electron chi connectivity index (χ3n) is 3.65. The quantitative estimate of drug-likeness (QED) is 0.796. The average Bonchev–Trinajstić information content (AvgIpc) is 2.89. The van der Waals surface area contributed by atoms with Crippen molar-refractivity contribution in [3.63, 3.8) is 0 Å². The summed E-state index contributed by atoms with van der Waals surface area (Å²) < 4.78 is 25.9. The highest BCUT2D eigenvalue weighted by molar-refractivity contribution is 7.90. The van der Waals surface area contributed by atoms with Crippen LogP contribution in [0, 0.1) is 6.92 Å². The SMILES string of the molecule is Cc1cc(-n2cnc3ccccc32)c(S(C)(=O)=O)cc1C(=O)O. The summed E-state index contributed by atoms with van der Waals surface area (Å²) in [4.78, 5) is 15.5. The molecule has 0 aliphatic rings. The van der Waals surface area contributed by atoms with Crippen molar-refractivity contribution in [2.45, 2.75) is 11.8 Å². The van der Waals surface area contributed by atoms with E-state index in [2.05, 4.69) is 4.98 Å². The number of benzene rings is 2. The Labute approximate surface area is 132 Å². The second-order valence-corrected chi connectivity index (χ2v) is 7.30. The standard InChI is InChI=1S/C16H14N2O4S/c1-10-7-14(15(23(2,21)22)8-11(10)16(19)20)18-9-17-12-5-3-4-6-13(12)18/h3-9H,1-2H3,(H,19,20). The minimum Gasteiger partial charge on any atom is -0.478 e. The zero-order chi connectivity index (χ0) is 16.8. The van der Waals surface area contributed by atoms with Crippen molar-refractivity contribution < 1.29 is 18.3 Å². The van der Waals surface area contributed by atoms with Gasteiger partial charge in [-0.15, -0.1) is 0 Å². The Bertz CT molecular complexity index is 1040. The number of carboxylic acids is 1. The number of imidazole rings is 1. The number of aromatic nitrogens is 2. The molecular weight excluding hydrogens is 316 g/mol. The summed E-state index contributed by atoms with van der Waals surface area (Å²) in [6.07, 6.45) is 2.60. The molecule has 6 nitrogen and oxygen atoms in total. The van der Waals surface area contributed by atoms with Gasteiger partial charge in [0.25, 0.3) is 0 Å². The lowest BCUT2D eigenvalue weighted by Crippen LogP contribution is -2.09. The van der Waals surface area contributed by atoms with Crippen LogP contribution < -0.4 is 0 Å². The van der Waals surface area contributed by atoms with Crippen molar-refractivity contribution >= 4 is 26.8 Å². The van der Waals surface area contributed by atoms with Gasteiger partial charge in [0.05, 0.1) is 27.2 Å². The molecule has 0 aliphatic carbocycles. The molecule has 3 aromatic rings. The number of hydrogen-bond acceptors (Lipinski definition) is 4. The molecule has 0 saturated carbocycles. The van der Waals surface area contributed by atoms with Gasteiger partial charge in [-0.1, -0.05) is 12.1 Å². The van der Waals surface area contributed by atoms with Crippen molar-refractivity contribution in [3.8, 4) is 5.69 Å². The highest BCUT2D eigenvalue weighted by Gasteiger charge is 2.21. The summed E-state index contributed by atoms with van der Waals surface area (Å²) in [5.74, 6) is -1.16. The van der Waals surface area contributed by atoms with Crippen LogP contribution >= 0.6 is 0 Å². The fourth-order valence-corrected chi connectivity index (χ4v) is 3.41. The summed E-state index contributed by atoms with van der Waals surface area (Å²) in [7, 11) is -3.61. The normalized spacial score (nSPS) is 11.7. The van der Waals surface area contributed by atoms with Crippen LogP contribution in [0.5, 0.6) is 0 Å². The van der Waals surface area contributed by atoms with E-state index in [-0.39, 0.29) is 10.5 Å². The Balaban J connectivity index is 2.39. The first kappa shape index (κ1) is 15.2. The summed E-state index contributed by atoms with van der Waals surface area (Å²) in [6, 6.07) is 10.1. The lowest BCUT2D eigenvalue weighted by atomic mass is 10.1. The minimum atomic E-state index is -3.61. The Morgan fingerprint density at radius 3 is 2.57 bits per heavy atom. The Morgan fingerprint density at radius 2 is 1.91 bits per heavy atom. The maximum atomic E-state index is 12.1. The monoisotopic (exact) mass is 330 g/mol. The molecule has 0 amide bonds. The van der Waals surface area contributed by atoms with E-state index in [1.165, 1.54) is 12.4 Å². The topological polar surface area (TPSA) is 89.3 Å². The number of aryl methyl sites for hydroxylation is 1. The van der Waals surface area contributed by atoms with Crippen LogP contribution in [0.1, 0.15) is 15.9 Å². The van der Waals surface area contributed by atoms with Crippen LogP contribution in [0.2, 0.25) is 0 Å². The lowest BCUT2D eigenvalue weighted by Gasteiger charge is -2.13. The van der Waals surface area contributed by atoms with Crippen molar-refractivity contribution in [2.24, 2.45) is 0 Å². The van der Waals surface area contributed by atoms with E-state index in [0.29, 0.717) is 11.3 Å². The average molecular weight is 330 g/mol. The van der Waals surface area contributed by atoms with Crippen LogP contribution in [0.15, 0.2) is 47.6 Å². The number of carbonyl (C=O) groups is 1. The number of hydrogen-bond donors (Lipinski definition) is 1. The van der Waals surface area contributed by atoms with E-state index in [0.717, 1.165) is 17.3 Å². The molecule has 23 heavy (non-hydrogen) atoms. The molecule has 3 rings (SSSR count). The molecule has 0 unspecified atom stereocenters. The van der Waals surface area contributed by atoms with Gasteiger partial charge in [0.1, 0.15) is 6.33 Å². The molecule has 0 bridgehead atoms. The molecule has 7 heteroatoms. The number of fused-ring (bicyclic) bond motifs is 1. The van der Waals surface area contributed by atoms with E-state index in [4.69, 9.17) is 0 Å². The van der Waals surface area contributed by atoms with Gasteiger partial charge in [-0.3, -0.25) is 4.57 Å². The Hall–Kier alpha value is -2.67. The first-order valence-electron chi connectivity index (χ1n) is 6.79. The van der Waals surface area contributed by atoms with Gasteiger partial charge >= 0.3 is 5.97 Å². The molecule has 0 spiro atoms. The molecule has 0 radical (unpaired) electrons. The summed E-state index contributed by atoms with van der Waals surface area (Å²) in [5, 5.41) is 9.24. The molecule has 1 heterocycles. The minimum absolute atomic E-state index is 0.0291. The van der Waals surface area contributed by atoms with Crippen molar-refractivity contribution in [2.75, 3.05) is 6.26 Å². The fraction of sp³-hybridized carbons (Fsp3) is 0.125. The second-order valence-electron chi connectivity index (χ2n) is 5.32. The summed E-state index contributed by atoms with van der Waals surface area (Å²) >= 11 is 0. The third-order valence-corrected chi connectivity index (χ3v) is 4.77. The van der Waals surface area contributed by atoms with Gasteiger partial charge in [-0.05, 0) is 36.8 Å². The van der Waals surface area contributed by atoms with Crippen LogP contribution in [0.25, 0.3) is 16.7 Å². The fourth-order valence-electron chi connectivity index (χ4n) is 2.54. The largest absolute Gasteiger partial charge is 0.478 e. The Kier molecular flexibility index (Phi) is 3.45. The molecule has 0 saturated heterocycles. The molecule has 0 aliphatic heterocycles. The van der Waals surface area contributed by atoms with Gasteiger partial charge in [-0.2, -0.15) is 0 Å². The zero-order valence-electron chi connectivity index (χ0n) is 12.5. The maximum absolute atomic E-state index is 12.1. The van der Waals surface area contributed by atoms with Crippen molar-refractivity contribution in [1.29, 1.82) is 0 Å². The van der Waals surface area contributed by atoms with Gasteiger partial charge in [0, 0.05) is 6.26 Å². The number of aromatic carboxylic acids is 1. The van der Waals surface area contributed by atoms with Crippen LogP contribution in [0.4, 0.5) is 0 Å². The van der Waals surface area contributed by atoms with Gasteiger partial charge in [0.15, 0.2) is 9.84 Å². The predicted octanol–water partition coefficient (Wildman–Crippen LogP) is 2.44. The van der Waals surface area contributed by atoms with Crippen molar-refractivity contribution in [3.05, 3.63) is 53.9 Å². The predicted molar refractivity (Wildman–Crippen MR) is 85.9 cm³/mol. The Morgan fingerprint density at radius 1 is 1.22 bits per heavy atom. The van der Waals surface area contributed by atoms with Crippen LogP contribution in [0.3, 0.4) is 0 Å². The highest BCUT2D eigenvalue weighted by Crippen LogP contribution is 2.27. The first-order valence-corrected chi connectivity index (χ1v) is 8.68. The molecule has 0 fully saturated rings. The van der Waals surface area contributed by atoms with Crippen molar-refractivity contribution in [1.82, 2.24) is 9.55 Å². The smallest absolute Gasteiger partial charge is 0.335 e. The molecular formula is C16H14N2O4S. The third kappa shape index (κ3) is 2.59. The molecule has 118 valence electrons. The summed E-state index contributed by atoms with van der Waals surface area (Å²) in [5.41, 5.74) is 2.33. The maximum Gasteiger partial charge on any atom is 0.335 e. The van der Waals surface area contributed by atoms with Crippen LogP contribution in [-0.2, 0) is 9.84 Å². The van der Waals surface area contributed by atoms with Gasteiger partial charge in [0.2, 0.25) is 0 Å². The number of nitrogens with zero attached hydrogens (tertiary/aromatic N) is 2. The zero-order valence-corrected chi connectivity index (χ0v) is 13.3. The molecule has 1 N–H and O–H groups in total. The first-order chi connectivity index (χ1) is 10.8. The highest BCUT2D eigenvalue weighted by atomic mass is 32.2. The second kappa shape index (κ2) is 5.20. The van der Waals surface area contributed by atoms with E-state index in [1.807, 2.05) is 24.3 Å². The van der Waals surface area contributed by atoms with E-state index in [1.54, 1.807) is 17.6 Å². The lowest BCUT2D eigenvalue weighted by molar-refractivity contribution is 0.0696. The number of carboxylic acid groups (broad SMARTS) is 1. The number of rotatable bonds is 3. The number of sulfone groups is 1. The number of para-hydroxylation sites is 2. The van der Waals surface area contributed by atoms with Gasteiger partial charge < -0.3 is 5.11 Å². The summed E-state index contributed by atoms with van der Waals surface area (Å²) in [6.45, 7) is 1.64. The van der Waals surface area contributed by atoms with E-state index >= 15 is 0 Å². The molecule has 1 aromatic heterocycles. The molecule has 2 aromatic carbocycles. The van der Waals surface area contributed by atoms with E-state index < -0.39 is 15.8 Å². The molecule has 0 atom stereocenters.